The Balaban J connectivity index is 1.12. The number of hydrogen-bond donors (Lipinski definition) is 0. The van der Waals surface area contributed by atoms with Gasteiger partial charge in [0.25, 0.3) is 0 Å². The third kappa shape index (κ3) is 3.51. The largest absolute Gasteiger partial charge is 0.275 e. The Morgan fingerprint density at radius 2 is 1.09 bits per heavy atom. The maximum absolute atomic E-state index is 5.50. The second kappa shape index (κ2) is 8.79. The molecule has 0 bridgehead atoms. The van der Waals surface area contributed by atoms with Crippen LogP contribution in [-0.4, -0.2) is 10.7 Å². The summed E-state index contributed by atoms with van der Waals surface area (Å²) in [6.45, 7) is 14.1. The molecule has 5 aromatic rings. The number of dihydropyridines is 1. The molecule has 220 valence electrons. The second-order valence-corrected chi connectivity index (χ2v) is 15.0. The average molecular weight is 583 g/mol. The number of aromatic nitrogens is 1. The van der Waals surface area contributed by atoms with Crippen molar-refractivity contribution in [3.8, 4) is 33.5 Å². The maximum atomic E-state index is 5.50. The van der Waals surface area contributed by atoms with Crippen molar-refractivity contribution in [1.82, 2.24) is 4.98 Å². The van der Waals surface area contributed by atoms with Crippen LogP contribution in [0.5, 0.6) is 0 Å². The maximum Gasteiger partial charge on any atom is 0.114 e. The van der Waals surface area contributed by atoms with Crippen molar-refractivity contribution < 1.29 is 0 Å². The lowest BCUT2D eigenvalue weighted by atomic mass is 9.80. The van der Waals surface area contributed by atoms with E-state index in [9.17, 15) is 0 Å². The molecular formula is C43H38N2. The summed E-state index contributed by atoms with van der Waals surface area (Å²) in [6, 6.07) is 36.1. The van der Waals surface area contributed by atoms with Gasteiger partial charge in [0.1, 0.15) is 6.04 Å². The zero-order chi connectivity index (χ0) is 30.9. The molecule has 1 unspecified atom stereocenters. The first-order valence-electron chi connectivity index (χ1n) is 16.3. The molecule has 4 aliphatic rings. The molecule has 2 heterocycles. The Morgan fingerprint density at radius 3 is 1.73 bits per heavy atom. The van der Waals surface area contributed by atoms with Crippen molar-refractivity contribution in [3.63, 3.8) is 0 Å². The minimum absolute atomic E-state index is 0.0254. The second-order valence-electron chi connectivity index (χ2n) is 15.0. The summed E-state index contributed by atoms with van der Waals surface area (Å²) in [5, 5.41) is 0. The van der Waals surface area contributed by atoms with Crippen molar-refractivity contribution in [2.24, 2.45) is 4.99 Å². The standard InChI is InChI=1S/C43H38N2/c1-41(2)31-13-9-7-11-27(31)29-17-15-25(23-35(29)41)37-21-19-33-39(44-37)40-34(43(33,5)6)20-22-38(45-40)26-16-18-30-28-12-8-10-14-32(28)42(3,4)36(30)24-26/h7-21,23-24,40H,22H2,1-6H3. The van der Waals surface area contributed by atoms with E-state index >= 15 is 0 Å². The minimum atomic E-state index is -0.0936. The van der Waals surface area contributed by atoms with E-state index < -0.39 is 0 Å². The molecule has 0 amide bonds. The Kier molecular flexibility index (Phi) is 5.23. The Morgan fingerprint density at radius 1 is 0.533 bits per heavy atom. The molecule has 9 rings (SSSR count). The van der Waals surface area contributed by atoms with Crippen LogP contribution in [0.1, 0.15) is 93.1 Å². The number of aliphatic imine (C=N–C) groups is 1. The van der Waals surface area contributed by atoms with Gasteiger partial charge in [0.05, 0.1) is 11.4 Å². The zero-order valence-corrected chi connectivity index (χ0v) is 27.0. The highest BCUT2D eigenvalue weighted by Gasteiger charge is 2.45. The van der Waals surface area contributed by atoms with Crippen LogP contribution in [-0.2, 0) is 16.2 Å². The van der Waals surface area contributed by atoms with E-state index in [0.717, 1.165) is 23.5 Å². The van der Waals surface area contributed by atoms with Crippen molar-refractivity contribution in [2.75, 3.05) is 0 Å². The van der Waals surface area contributed by atoms with Gasteiger partial charge in [-0.25, -0.2) is 4.98 Å². The summed E-state index contributed by atoms with van der Waals surface area (Å²) in [6.07, 6.45) is 3.29. The molecule has 1 atom stereocenters. The Labute approximate surface area is 266 Å². The van der Waals surface area contributed by atoms with Gasteiger partial charge >= 0.3 is 0 Å². The van der Waals surface area contributed by atoms with Crippen LogP contribution in [0.4, 0.5) is 0 Å². The topological polar surface area (TPSA) is 25.2 Å². The van der Waals surface area contributed by atoms with Gasteiger partial charge in [-0.3, -0.25) is 4.99 Å². The van der Waals surface area contributed by atoms with E-state index in [-0.39, 0.29) is 22.3 Å². The first kappa shape index (κ1) is 26.8. The van der Waals surface area contributed by atoms with Gasteiger partial charge in [-0.1, -0.05) is 126 Å². The molecule has 0 N–H and O–H groups in total. The number of allylic oxidation sites excluding steroid dienone is 1. The van der Waals surface area contributed by atoms with Crippen LogP contribution in [0.3, 0.4) is 0 Å². The van der Waals surface area contributed by atoms with E-state index in [4.69, 9.17) is 9.98 Å². The van der Waals surface area contributed by atoms with Crippen LogP contribution in [0.2, 0.25) is 0 Å². The molecule has 3 aliphatic carbocycles. The predicted molar refractivity (Wildman–Crippen MR) is 186 cm³/mol. The lowest BCUT2D eigenvalue weighted by molar-refractivity contribution is 0.614. The van der Waals surface area contributed by atoms with E-state index in [1.54, 1.807) is 0 Å². The molecule has 4 aromatic carbocycles. The summed E-state index contributed by atoms with van der Waals surface area (Å²) >= 11 is 0. The average Bonchev–Trinajstić information content (AvgIpc) is 3.53. The lowest BCUT2D eigenvalue weighted by Crippen LogP contribution is -2.20. The molecule has 0 radical (unpaired) electrons. The number of benzene rings is 4. The van der Waals surface area contributed by atoms with Gasteiger partial charge in [-0.15, -0.1) is 0 Å². The summed E-state index contributed by atoms with van der Waals surface area (Å²) < 4.78 is 0. The molecule has 45 heavy (non-hydrogen) atoms. The lowest BCUT2D eigenvalue weighted by Gasteiger charge is -2.26. The smallest absolute Gasteiger partial charge is 0.114 e. The quantitative estimate of drug-likeness (QED) is 0.190. The van der Waals surface area contributed by atoms with Gasteiger partial charge in [-0.05, 0) is 79.4 Å². The van der Waals surface area contributed by atoms with Gasteiger partial charge in [-0.2, -0.15) is 0 Å². The van der Waals surface area contributed by atoms with Crippen molar-refractivity contribution in [1.29, 1.82) is 0 Å². The Hall–Kier alpha value is -4.56. The van der Waals surface area contributed by atoms with E-state index in [2.05, 4.69) is 145 Å². The third-order valence-corrected chi connectivity index (χ3v) is 11.5. The van der Waals surface area contributed by atoms with Crippen LogP contribution in [0.15, 0.2) is 114 Å². The minimum Gasteiger partial charge on any atom is -0.275 e. The van der Waals surface area contributed by atoms with E-state index in [0.29, 0.717) is 0 Å². The van der Waals surface area contributed by atoms with Crippen LogP contribution in [0.25, 0.3) is 33.5 Å². The van der Waals surface area contributed by atoms with Gasteiger partial charge in [0.2, 0.25) is 0 Å². The fraction of sp³-hybridized carbons (Fsp3) is 0.256. The zero-order valence-electron chi connectivity index (χ0n) is 27.0. The molecule has 1 aliphatic heterocycles. The van der Waals surface area contributed by atoms with Crippen LogP contribution < -0.4 is 0 Å². The number of pyridine rings is 1. The fourth-order valence-electron chi connectivity index (χ4n) is 8.87. The number of hydrogen-bond acceptors (Lipinski definition) is 2. The molecular weight excluding hydrogens is 544 g/mol. The number of rotatable bonds is 2. The molecule has 2 heteroatoms. The van der Waals surface area contributed by atoms with Crippen molar-refractivity contribution >= 4 is 5.71 Å². The van der Waals surface area contributed by atoms with Gasteiger partial charge in [0, 0.05) is 33.9 Å². The predicted octanol–water partition coefficient (Wildman–Crippen LogP) is 10.5. The fourth-order valence-corrected chi connectivity index (χ4v) is 8.87. The van der Waals surface area contributed by atoms with Crippen molar-refractivity contribution in [2.45, 2.75) is 70.3 Å². The first-order chi connectivity index (χ1) is 21.6. The highest BCUT2D eigenvalue weighted by molar-refractivity contribution is 6.03. The third-order valence-electron chi connectivity index (χ3n) is 11.5. The van der Waals surface area contributed by atoms with E-state index in [1.807, 2.05) is 0 Å². The summed E-state index contributed by atoms with van der Waals surface area (Å²) in [7, 11) is 0. The monoisotopic (exact) mass is 582 g/mol. The Bertz CT molecular complexity index is 2170. The molecule has 1 aromatic heterocycles. The normalized spacial score (nSPS) is 20.3. The summed E-state index contributed by atoms with van der Waals surface area (Å²) in [5.74, 6) is 0. The molecule has 0 fully saturated rings. The summed E-state index contributed by atoms with van der Waals surface area (Å²) in [4.78, 5) is 10.9. The number of nitrogens with zero attached hydrogens (tertiary/aromatic N) is 2. The highest BCUT2D eigenvalue weighted by Crippen LogP contribution is 2.54. The molecule has 2 nitrogen and oxygen atoms in total. The van der Waals surface area contributed by atoms with Crippen LogP contribution >= 0.6 is 0 Å². The van der Waals surface area contributed by atoms with Crippen LogP contribution in [0, 0.1) is 0 Å². The highest BCUT2D eigenvalue weighted by atomic mass is 14.9. The van der Waals surface area contributed by atoms with Gasteiger partial charge in [0.15, 0.2) is 0 Å². The van der Waals surface area contributed by atoms with Crippen molar-refractivity contribution in [3.05, 3.63) is 148 Å². The summed E-state index contributed by atoms with van der Waals surface area (Å²) in [5.41, 5.74) is 19.2. The number of fused-ring (bicyclic) bond motifs is 9. The SMILES string of the molecule is CC1(C)C2=CCC(c3ccc4c(c3)C(C)(C)c3ccccc3-4)=NC2c2nc(-c3ccc4c(c3)C(C)(C)c3ccccc3-4)ccc21. The van der Waals surface area contributed by atoms with Gasteiger partial charge < -0.3 is 0 Å². The van der Waals surface area contributed by atoms with E-state index in [1.165, 1.54) is 66.8 Å². The molecule has 0 spiro atoms. The molecule has 0 saturated carbocycles. The molecule has 0 saturated heterocycles. The first-order valence-corrected chi connectivity index (χ1v) is 16.3.